The second-order valence-electron chi connectivity index (χ2n) is 6.56. The summed E-state index contributed by atoms with van der Waals surface area (Å²) in [6.07, 6.45) is 1.47. The molecular formula is C20H19FN4O2. The molecule has 0 radical (unpaired) electrons. The largest absolute Gasteiger partial charge is 0.507 e. The van der Waals surface area contributed by atoms with Crippen LogP contribution in [0.5, 0.6) is 5.75 Å². The Morgan fingerprint density at radius 2 is 1.81 bits per heavy atom. The van der Waals surface area contributed by atoms with Gasteiger partial charge in [-0.3, -0.25) is 4.79 Å². The molecule has 6 nitrogen and oxygen atoms in total. The molecule has 0 saturated carbocycles. The van der Waals surface area contributed by atoms with Gasteiger partial charge in [0.05, 0.1) is 5.52 Å². The van der Waals surface area contributed by atoms with E-state index in [0.29, 0.717) is 54.0 Å². The lowest BCUT2D eigenvalue weighted by Gasteiger charge is -2.35. The number of aromatic nitrogens is 2. The fourth-order valence-electron chi connectivity index (χ4n) is 3.46. The molecule has 1 amide bonds. The van der Waals surface area contributed by atoms with Crippen molar-refractivity contribution < 1.29 is 14.3 Å². The first-order valence-electron chi connectivity index (χ1n) is 8.77. The molecule has 1 fully saturated rings. The summed E-state index contributed by atoms with van der Waals surface area (Å²) in [6, 6.07) is 9.59. The van der Waals surface area contributed by atoms with Gasteiger partial charge in [-0.05, 0) is 18.2 Å². The summed E-state index contributed by atoms with van der Waals surface area (Å²) in [5.41, 5.74) is 1.35. The van der Waals surface area contributed by atoms with E-state index in [0.717, 1.165) is 0 Å². The zero-order valence-corrected chi connectivity index (χ0v) is 14.9. The average Bonchev–Trinajstić information content (AvgIpc) is 2.68. The predicted molar refractivity (Wildman–Crippen MR) is 101 cm³/mol. The van der Waals surface area contributed by atoms with Gasteiger partial charge in [0.1, 0.15) is 23.7 Å². The van der Waals surface area contributed by atoms with Crippen molar-refractivity contribution in [2.75, 3.05) is 31.1 Å². The molecule has 1 aliphatic rings. The highest BCUT2D eigenvalue weighted by Crippen LogP contribution is 2.36. The summed E-state index contributed by atoms with van der Waals surface area (Å²) < 4.78 is 14.1. The van der Waals surface area contributed by atoms with E-state index in [1.54, 1.807) is 42.2 Å². The number of amides is 1. The second-order valence-corrected chi connectivity index (χ2v) is 6.56. The van der Waals surface area contributed by atoms with Crippen LogP contribution in [0.25, 0.3) is 22.0 Å². The average molecular weight is 366 g/mol. The summed E-state index contributed by atoms with van der Waals surface area (Å²) in [5.74, 6) is 0.348. The van der Waals surface area contributed by atoms with Gasteiger partial charge in [-0.1, -0.05) is 18.2 Å². The number of fused-ring (bicyclic) bond motifs is 1. The first-order valence-corrected chi connectivity index (χ1v) is 8.77. The van der Waals surface area contributed by atoms with Gasteiger partial charge in [0.25, 0.3) is 0 Å². The number of rotatable bonds is 2. The lowest BCUT2D eigenvalue weighted by atomic mass is 10.0. The molecule has 0 spiro atoms. The van der Waals surface area contributed by atoms with Gasteiger partial charge in [-0.15, -0.1) is 0 Å². The molecule has 0 aliphatic carbocycles. The molecule has 0 atom stereocenters. The number of hydrogen-bond donors (Lipinski definition) is 1. The quantitative estimate of drug-likeness (QED) is 0.755. The summed E-state index contributed by atoms with van der Waals surface area (Å²) in [5, 5.41) is 11.2. The number of carbonyl (C=O) groups excluding carboxylic acids is 1. The molecule has 7 heteroatoms. The van der Waals surface area contributed by atoms with E-state index in [-0.39, 0.29) is 11.7 Å². The normalized spacial score (nSPS) is 14.6. The third-order valence-electron chi connectivity index (χ3n) is 4.92. The van der Waals surface area contributed by atoms with Crippen molar-refractivity contribution in [3.8, 4) is 16.9 Å². The number of phenols is 1. The molecule has 0 bridgehead atoms. The number of carbonyl (C=O) groups is 1. The molecule has 27 heavy (non-hydrogen) atoms. The molecule has 1 N–H and O–H groups in total. The molecular weight excluding hydrogens is 347 g/mol. The van der Waals surface area contributed by atoms with Crippen LogP contribution >= 0.6 is 0 Å². The van der Waals surface area contributed by atoms with Crippen molar-refractivity contribution in [1.29, 1.82) is 0 Å². The lowest BCUT2D eigenvalue weighted by Crippen LogP contribution is -2.48. The van der Waals surface area contributed by atoms with Crippen LogP contribution in [0.1, 0.15) is 6.92 Å². The maximum absolute atomic E-state index is 14.1. The van der Waals surface area contributed by atoms with Gasteiger partial charge in [0.2, 0.25) is 5.91 Å². The number of nitrogens with zero attached hydrogens (tertiary/aromatic N) is 4. The van der Waals surface area contributed by atoms with Gasteiger partial charge in [-0.25, -0.2) is 14.4 Å². The Bertz CT molecular complexity index is 1020. The SMILES string of the molecule is CC(=O)N1CCN(c2ncnc3cc(-c4ccccc4F)c(O)cc23)CC1. The number of hydrogen-bond acceptors (Lipinski definition) is 5. The van der Waals surface area contributed by atoms with Crippen molar-refractivity contribution in [2.45, 2.75) is 6.92 Å². The van der Waals surface area contributed by atoms with E-state index < -0.39 is 5.82 Å². The van der Waals surface area contributed by atoms with E-state index in [1.807, 2.05) is 0 Å². The molecule has 3 aromatic rings. The van der Waals surface area contributed by atoms with E-state index in [1.165, 1.54) is 12.4 Å². The standard InChI is InChI=1S/C20H19FN4O2/c1-13(26)24-6-8-25(9-7-24)20-16-11-19(27)15(10-18(16)22-12-23-20)14-4-2-3-5-17(14)21/h2-5,10-12,27H,6-9H2,1H3. The molecule has 4 rings (SSSR count). The number of phenolic OH excluding ortho intramolecular Hbond substituents is 1. The van der Waals surface area contributed by atoms with Crippen LogP contribution in [0.2, 0.25) is 0 Å². The van der Waals surface area contributed by atoms with Gasteiger partial charge in [0, 0.05) is 49.6 Å². The number of piperazine rings is 1. The molecule has 2 heterocycles. The number of anilines is 1. The lowest BCUT2D eigenvalue weighted by molar-refractivity contribution is -0.129. The molecule has 0 unspecified atom stereocenters. The minimum absolute atomic E-state index is 0.0222. The maximum atomic E-state index is 14.1. The Morgan fingerprint density at radius 1 is 1.07 bits per heavy atom. The number of aromatic hydroxyl groups is 1. The zero-order valence-electron chi connectivity index (χ0n) is 14.9. The molecule has 2 aromatic carbocycles. The van der Waals surface area contributed by atoms with Crippen molar-refractivity contribution >= 4 is 22.6 Å². The Labute approximate surface area is 155 Å². The third kappa shape index (κ3) is 3.16. The summed E-state index contributed by atoms with van der Waals surface area (Å²) in [4.78, 5) is 24.1. The monoisotopic (exact) mass is 366 g/mol. The van der Waals surface area contributed by atoms with Crippen LogP contribution in [0.4, 0.5) is 10.2 Å². The minimum atomic E-state index is -0.401. The Morgan fingerprint density at radius 3 is 2.52 bits per heavy atom. The maximum Gasteiger partial charge on any atom is 0.219 e. The van der Waals surface area contributed by atoms with Gasteiger partial charge >= 0.3 is 0 Å². The fraction of sp³-hybridized carbons (Fsp3) is 0.250. The van der Waals surface area contributed by atoms with Gasteiger partial charge < -0.3 is 14.9 Å². The fourth-order valence-corrected chi connectivity index (χ4v) is 3.46. The van der Waals surface area contributed by atoms with Crippen molar-refractivity contribution in [1.82, 2.24) is 14.9 Å². The molecule has 1 aromatic heterocycles. The van der Waals surface area contributed by atoms with Gasteiger partial charge in [0.15, 0.2) is 0 Å². The predicted octanol–water partition coefficient (Wildman–Crippen LogP) is 2.81. The van der Waals surface area contributed by atoms with E-state index in [4.69, 9.17) is 0 Å². The highest BCUT2D eigenvalue weighted by atomic mass is 19.1. The highest BCUT2D eigenvalue weighted by Gasteiger charge is 2.22. The minimum Gasteiger partial charge on any atom is -0.507 e. The first-order chi connectivity index (χ1) is 13.0. The van der Waals surface area contributed by atoms with E-state index >= 15 is 0 Å². The van der Waals surface area contributed by atoms with E-state index in [9.17, 15) is 14.3 Å². The first kappa shape index (κ1) is 17.2. The summed E-state index contributed by atoms with van der Waals surface area (Å²) in [6.45, 7) is 4.13. The topological polar surface area (TPSA) is 69.6 Å². The molecule has 1 saturated heterocycles. The smallest absolute Gasteiger partial charge is 0.219 e. The van der Waals surface area contributed by atoms with Crippen LogP contribution in [-0.4, -0.2) is 52.1 Å². The highest BCUT2D eigenvalue weighted by molar-refractivity contribution is 5.95. The van der Waals surface area contributed by atoms with Crippen molar-refractivity contribution in [3.05, 3.63) is 48.5 Å². The summed E-state index contributed by atoms with van der Waals surface area (Å²) >= 11 is 0. The van der Waals surface area contributed by atoms with Crippen LogP contribution in [0, 0.1) is 5.82 Å². The summed E-state index contributed by atoms with van der Waals surface area (Å²) in [7, 11) is 0. The molecule has 1 aliphatic heterocycles. The van der Waals surface area contributed by atoms with Crippen LogP contribution in [-0.2, 0) is 4.79 Å². The number of halogens is 1. The van der Waals surface area contributed by atoms with Crippen molar-refractivity contribution in [2.24, 2.45) is 0 Å². The Kier molecular flexibility index (Phi) is 4.35. The second kappa shape index (κ2) is 6.83. The Hall–Kier alpha value is -3.22. The van der Waals surface area contributed by atoms with Crippen molar-refractivity contribution in [3.63, 3.8) is 0 Å². The third-order valence-corrected chi connectivity index (χ3v) is 4.92. The number of benzene rings is 2. The van der Waals surface area contributed by atoms with Crippen LogP contribution in [0.3, 0.4) is 0 Å². The van der Waals surface area contributed by atoms with Gasteiger partial charge in [-0.2, -0.15) is 0 Å². The molecule has 138 valence electrons. The van der Waals surface area contributed by atoms with Crippen LogP contribution in [0.15, 0.2) is 42.7 Å². The zero-order chi connectivity index (χ0) is 19.0. The van der Waals surface area contributed by atoms with E-state index in [2.05, 4.69) is 14.9 Å². The van der Waals surface area contributed by atoms with Crippen LogP contribution < -0.4 is 4.90 Å². The Balaban J connectivity index is 1.74.